The summed E-state index contributed by atoms with van der Waals surface area (Å²) in [6.07, 6.45) is 0.899. The van der Waals surface area contributed by atoms with Crippen molar-refractivity contribution in [1.29, 1.82) is 0 Å². The minimum absolute atomic E-state index is 0.0356. The first-order chi connectivity index (χ1) is 13.0. The zero-order chi connectivity index (χ0) is 19.4. The second kappa shape index (κ2) is 8.11. The van der Waals surface area contributed by atoms with E-state index >= 15 is 0 Å². The molecule has 0 aliphatic rings. The van der Waals surface area contributed by atoms with Crippen LogP contribution in [0.3, 0.4) is 0 Å². The molecule has 0 fully saturated rings. The maximum absolute atomic E-state index is 12.6. The fourth-order valence-corrected chi connectivity index (χ4v) is 2.93. The molecule has 0 N–H and O–H groups in total. The maximum Gasteiger partial charge on any atom is 0.342 e. The summed E-state index contributed by atoms with van der Waals surface area (Å²) < 4.78 is 8.92. The molecule has 0 bridgehead atoms. The summed E-state index contributed by atoms with van der Waals surface area (Å²) in [5, 5.41) is 16.0. The van der Waals surface area contributed by atoms with Crippen LogP contribution in [0.1, 0.15) is 52.0 Å². The highest BCUT2D eigenvalue weighted by molar-refractivity contribution is 5.91. The number of benzene rings is 1. The highest BCUT2D eigenvalue weighted by atomic mass is 16.5. The SMILES string of the molecule is CCCn1nnnc1COC(=O)c1c(C)nn(Cc2ccc(C)cc2)c1C. The molecule has 0 spiro atoms. The lowest BCUT2D eigenvalue weighted by Crippen LogP contribution is -2.12. The predicted octanol–water partition coefficient (Wildman–Crippen LogP) is 2.61. The summed E-state index contributed by atoms with van der Waals surface area (Å²) in [5.74, 6) is 0.124. The molecule has 0 radical (unpaired) electrons. The van der Waals surface area contributed by atoms with E-state index in [1.54, 1.807) is 4.68 Å². The third-order valence-corrected chi connectivity index (χ3v) is 4.41. The van der Waals surface area contributed by atoms with Crippen molar-refractivity contribution in [2.45, 2.75) is 53.8 Å². The van der Waals surface area contributed by atoms with Crippen LogP contribution in [-0.2, 0) is 24.4 Å². The molecule has 2 heterocycles. The molecule has 0 amide bonds. The first-order valence-corrected chi connectivity index (χ1v) is 9.01. The Bertz CT molecular complexity index is 926. The van der Waals surface area contributed by atoms with Gasteiger partial charge < -0.3 is 4.74 Å². The highest BCUT2D eigenvalue weighted by Gasteiger charge is 2.21. The smallest absolute Gasteiger partial charge is 0.342 e. The van der Waals surface area contributed by atoms with E-state index in [9.17, 15) is 4.79 Å². The molecule has 0 atom stereocenters. The van der Waals surface area contributed by atoms with Crippen LogP contribution >= 0.6 is 0 Å². The number of carbonyl (C=O) groups is 1. The molecule has 0 saturated heterocycles. The summed E-state index contributed by atoms with van der Waals surface area (Å²) >= 11 is 0. The minimum atomic E-state index is -0.411. The predicted molar refractivity (Wildman–Crippen MR) is 99.2 cm³/mol. The molecule has 0 aliphatic heterocycles. The average molecular weight is 368 g/mol. The number of hydrogen-bond donors (Lipinski definition) is 0. The quantitative estimate of drug-likeness (QED) is 0.596. The van der Waals surface area contributed by atoms with Crippen molar-refractivity contribution >= 4 is 5.97 Å². The van der Waals surface area contributed by atoms with Gasteiger partial charge in [-0.15, -0.1) is 5.10 Å². The van der Waals surface area contributed by atoms with Gasteiger partial charge in [-0.3, -0.25) is 4.68 Å². The number of esters is 1. The van der Waals surface area contributed by atoms with Gasteiger partial charge in [0, 0.05) is 6.54 Å². The van der Waals surface area contributed by atoms with E-state index in [1.165, 1.54) is 5.56 Å². The highest BCUT2D eigenvalue weighted by Crippen LogP contribution is 2.17. The fraction of sp³-hybridized carbons (Fsp3) is 0.421. The topological polar surface area (TPSA) is 87.7 Å². The van der Waals surface area contributed by atoms with Crippen molar-refractivity contribution in [3.63, 3.8) is 0 Å². The number of aromatic nitrogens is 6. The molecule has 2 aromatic heterocycles. The molecule has 0 unspecified atom stereocenters. The zero-order valence-corrected chi connectivity index (χ0v) is 16.1. The van der Waals surface area contributed by atoms with Crippen LogP contribution in [0.2, 0.25) is 0 Å². The van der Waals surface area contributed by atoms with Gasteiger partial charge >= 0.3 is 5.97 Å². The van der Waals surface area contributed by atoms with Crippen LogP contribution in [-0.4, -0.2) is 36.0 Å². The Balaban J connectivity index is 1.72. The number of rotatable bonds is 7. The Kier molecular flexibility index (Phi) is 5.63. The van der Waals surface area contributed by atoms with Crippen LogP contribution in [0, 0.1) is 20.8 Å². The molecule has 0 aliphatic carbocycles. The molecule has 8 heteroatoms. The lowest BCUT2D eigenvalue weighted by atomic mass is 10.1. The summed E-state index contributed by atoms with van der Waals surface area (Å²) in [7, 11) is 0. The molecule has 3 aromatic rings. The third kappa shape index (κ3) is 4.21. The summed E-state index contributed by atoms with van der Waals surface area (Å²) in [6.45, 7) is 9.11. The number of aryl methyl sites for hydroxylation is 3. The molecule has 142 valence electrons. The number of tetrazole rings is 1. The molecular weight excluding hydrogens is 344 g/mol. The summed E-state index contributed by atoms with van der Waals surface area (Å²) in [6, 6.07) is 8.27. The largest absolute Gasteiger partial charge is 0.454 e. The Morgan fingerprint density at radius 1 is 1.11 bits per heavy atom. The van der Waals surface area contributed by atoms with Gasteiger partial charge in [-0.25, -0.2) is 9.48 Å². The van der Waals surface area contributed by atoms with Crippen molar-refractivity contribution in [1.82, 2.24) is 30.0 Å². The lowest BCUT2D eigenvalue weighted by Gasteiger charge is -2.07. The molecule has 0 saturated carbocycles. The van der Waals surface area contributed by atoms with Gasteiger partial charge in [-0.05, 0) is 43.2 Å². The maximum atomic E-state index is 12.6. The van der Waals surface area contributed by atoms with Gasteiger partial charge in [-0.1, -0.05) is 36.8 Å². The first kappa shape index (κ1) is 18.8. The van der Waals surface area contributed by atoms with Crippen LogP contribution < -0.4 is 0 Å². The van der Waals surface area contributed by atoms with Gasteiger partial charge in [0.15, 0.2) is 12.4 Å². The Hall–Kier alpha value is -3.03. The Morgan fingerprint density at radius 3 is 2.56 bits per heavy atom. The van der Waals surface area contributed by atoms with Crippen LogP contribution in [0.5, 0.6) is 0 Å². The van der Waals surface area contributed by atoms with E-state index in [1.807, 2.05) is 25.5 Å². The fourth-order valence-electron chi connectivity index (χ4n) is 2.93. The minimum Gasteiger partial charge on any atom is -0.454 e. The van der Waals surface area contributed by atoms with Gasteiger partial charge in [-0.2, -0.15) is 5.10 Å². The normalized spacial score (nSPS) is 11.0. The van der Waals surface area contributed by atoms with E-state index in [0.29, 0.717) is 30.2 Å². The molecule has 1 aromatic carbocycles. The van der Waals surface area contributed by atoms with Gasteiger partial charge in [0.05, 0.1) is 17.9 Å². The first-order valence-electron chi connectivity index (χ1n) is 9.01. The second-order valence-corrected chi connectivity index (χ2v) is 6.58. The average Bonchev–Trinajstić information content (AvgIpc) is 3.19. The Labute approximate surface area is 158 Å². The van der Waals surface area contributed by atoms with E-state index in [-0.39, 0.29) is 6.61 Å². The standard InChI is InChI=1S/C19H24N6O2/c1-5-10-24-17(20-22-23-24)12-27-19(26)18-14(3)21-25(15(18)4)11-16-8-6-13(2)7-9-16/h6-9H,5,10-12H2,1-4H3. The third-order valence-electron chi connectivity index (χ3n) is 4.41. The number of carbonyl (C=O) groups excluding carboxylic acids is 1. The molecule has 8 nitrogen and oxygen atoms in total. The second-order valence-electron chi connectivity index (χ2n) is 6.58. The zero-order valence-electron chi connectivity index (χ0n) is 16.1. The van der Waals surface area contributed by atoms with Crippen LogP contribution in [0.25, 0.3) is 0 Å². The van der Waals surface area contributed by atoms with E-state index in [4.69, 9.17) is 4.74 Å². The van der Waals surface area contributed by atoms with Gasteiger partial charge in [0.2, 0.25) is 0 Å². The van der Waals surface area contributed by atoms with Gasteiger partial charge in [0.1, 0.15) is 5.56 Å². The van der Waals surface area contributed by atoms with E-state index in [2.05, 4.69) is 51.8 Å². The number of nitrogens with zero attached hydrogens (tertiary/aromatic N) is 6. The number of hydrogen-bond acceptors (Lipinski definition) is 6. The van der Waals surface area contributed by atoms with Crippen LogP contribution in [0.15, 0.2) is 24.3 Å². The molecule has 27 heavy (non-hydrogen) atoms. The van der Waals surface area contributed by atoms with Crippen molar-refractivity contribution < 1.29 is 9.53 Å². The number of ether oxygens (including phenoxy) is 1. The molecule has 3 rings (SSSR count). The lowest BCUT2D eigenvalue weighted by molar-refractivity contribution is 0.0454. The van der Waals surface area contributed by atoms with Crippen molar-refractivity contribution in [3.8, 4) is 0 Å². The van der Waals surface area contributed by atoms with Crippen molar-refractivity contribution in [3.05, 3.63) is 58.2 Å². The molecular formula is C19H24N6O2. The van der Waals surface area contributed by atoms with E-state index < -0.39 is 5.97 Å². The van der Waals surface area contributed by atoms with E-state index in [0.717, 1.165) is 17.7 Å². The van der Waals surface area contributed by atoms with Gasteiger partial charge in [0.25, 0.3) is 0 Å². The monoisotopic (exact) mass is 368 g/mol. The van der Waals surface area contributed by atoms with Crippen molar-refractivity contribution in [2.75, 3.05) is 0 Å². The Morgan fingerprint density at radius 2 is 1.85 bits per heavy atom. The van der Waals surface area contributed by atoms with Crippen molar-refractivity contribution in [2.24, 2.45) is 0 Å². The summed E-state index contributed by atoms with van der Waals surface area (Å²) in [5.41, 5.74) is 4.27. The summed E-state index contributed by atoms with van der Waals surface area (Å²) in [4.78, 5) is 12.6. The van der Waals surface area contributed by atoms with Crippen LogP contribution in [0.4, 0.5) is 0 Å².